The summed E-state index contributed by atoms with van der Waals surface area (Å²) in [5.41, 5.74) is 12.1. The minimum atomic E-state index is -1.14. The lowest BCUT2D eigenvalue weighted by Gasteiger charge is -2.27. The second-order valence-corrected chi connectivity index (χ2v) is 3.53. The maximum absolute atomic E-state index is 11.0. The van der Waals surface area contributed by atoms with E-state index in [-0.39, 0.29) is 12.8 Å². The minimum absolute atomic E-state index is 0.0188. The quantitative estimate of drug-likeness (QED) is 0.407. The maximum atomic E-state index is 11.0. The summed E-state index contributed by atoms with van der Waals surface area (Å²) in [5, 5.41) is 10.2. The number of nitrogens with two attached hydrogens (primary N) is 2. The van der Waals surface area contributed by atoms with Gasteiger partial charge < -0.3 is 16.6 Å². The number of amides is 3. The van der Waals surface area contributed by atoms with Crippen LogP contribution in [0.3, 0.4) is 0 Å². The average Bonchev–Trinajstić information content (AvgIpc) is 2.16. The molecular weight excluding hydrogens is 228 g/mol. The first-order valence-corrected chi connectivity index (χ1v) is 5.22. The summed E-state index contributed by atoms with van der Waals surface area (Å²) in [7, 11) is 0. The molecule has 0 spiro atoms. The van der Waals surface area contributed by atoms with Crippen LogP contribution in [0.1, 0.15) is 26.2 Å². The number of carboxylic acid groups (broad SMARTS) is 1. The van der Waals surface area contributed by atoms with Gasteiger partial charge in [0.05, 0.1) is 0 Å². The summed E-state index contributed by atoms with van der Waals surface area (Å²) in [6, 6.07) is -1.86. The largest absolute Gasteiger partial charge is 0.480 e. The zero-order valence-electron chi connectivity index (χ0n) is 9.68. The van der Waals surface area contributed by atoms with Crippen molar-refractivity contribution in [2.75, 3.05) is 6.54 Å². The third-order valence-electron chi connectivity index (χ3n) is 2.04. The Bertz CT molecular complexity index is 295. The van der Waals surface area contributed by atoms with E-state index >= 15 is 0 Å². The van der Waals surface area contributed by atoms with E-state index in [9.17, 15) is 14.4 Å². The molecule has 0 heterocycles. The Morgan fingerprint density at radius 3 is 2.29 bits per heavy atom. The highest BCUT2D eigenvalue weighted by Crippen LogP contribution is 2.06. The van der Waals surface area contributed by atoms with Crippen LogP contribution in [0.2, 0.25) is 0 Å². The molecule has 0 radical (unpaired) electrons. The van der Waals surface area contributed by atoms with Gasteiger partial charge in [-0.15, -0.1) is 0 Å². The summed E-state index contributed by atoms with van der Waals surface area (Å²) in [6.07, 6.45) is 0.573. The smallest absolute Gasteiger partial charge is 0.326 e. The third kappa shape index (κ3) is 6.36. The van der Waals surface area contributed by atoms with Crippen molar-refractivity contribution in [2.24, 2.45) is 11.5 Å². The number of carboxylic acids is 1. The van der Waals surface area contributed by atoms with Gasteiger partial charge in [0.25, 0.3) is 0 Å². The van der Waals surface area contributed by atoms with Crippen molar-refractivity contribution in [2.45, 2.75) is 32.2 Å². The molecule has 6 N–H and O–H groups in total. The van der Waals surface area contributed by atoms with Crippen molar-refractivity contribution in [3.05, 3.63) is 0 Å². The molecule has 0 saturated carbocycles. The number of carbonyl (C=O) groups is 3. The lowest BCUT2D eigenvalue weighted by atomic mass is 10.1. The number of hydrogen-bond donors (Lipinski definition) is 4. The fourth-order valence-electron chi connectivity index (χ4n) is 1.36. The van der Waals surface area contributed by atoms with Gasteiger partial charge in [0.15, 0.2) is 0 Å². The van der Waals surface area contributed by atoms with E-state index in [0.717, 1.165) is 0 Å². The Hall–Kier alpha value is -1.83. The average molecular weight is 246 g/mol. The highest BCUT2D eigenvalue weighted by molar-refractivity contribution is 5.78. The highest BCUT2D eigenvalue weighted by atomic mass is 16.4. The summed E-state index contributed by atoms with van der Waals surface area (Å²) < 4.78 is 0. The fourth-order valence-corrected chi connectivity index (χ4v) is 1.36. The third-order valence-corrected chi connectivity index (χ3v) is 2.04. The Kier molecular flexibility index (Phi) is 6.64. The van der Waals surface area contributed by atoms with Crippen molar-refractivity contribution in [3.8, 4) is 0 Å². The number of hydrazine groups is 1. The van der Waals surface area contributed by atoms with Crippen LogP contribution in [-0.2, 0) is 9.59 Å². The maximum Gasteiger partial charge on any atom is 0.326 e. The molecule has 1 atom stereocenters. The molecule has 3 amide bonds. The molecule has 0 aliphatic heterocycles. The summed E-state index contributed by atoms with van der Waals surface area (Å²) in [4.78, 5) is 32.4. The van der Waals surface area contributed by atoms with E-state index in [0.29, 0.717) is 13.0 Å². The lowest BCUT2D eigenvalue weighted by Crippen LogP contribution is -2.53. The molecular formula is C9H18N4O4. The summed E-state index contributed by atoms with van der Waals surface area (Å²) >= 11 is 0. The zero-order chi connectivity index (χ0) is 13.4. The SMILES string of the molecule is CCCN(NC(N)=O)C(CCC(N)=O)C(=O)O. The van der Waals surface area contributed by atoms with Crippen molar-refractivity contribution < 1.29 is 19.5 Å². The van der Waals surface area contributed by atoms with Crippen molar-refractivity contribution in [1.29, 1.82) is 0 Å². The van der Waals surface area contributed by atoms with Crippen LogP contribution in [-0.4, -0.2) is 40.6 Å². The monoisotopic (exact) mass is 246 g/mol. The molecule has 98 valence electrons. The molecule has 0 bridgehead atoms. The number of nitrogens with zero attached hydrogens (tertiary/aromatic N) is 1. The van der Waals surface area contributed by atoms with Gasteiger partial charge >= 0.3 is 12.0 Å². The molecule has 0 aliphatic carbocycles. The van der Waals surface area contributed by atoms with Gasteiger partial charge in [-0.25, -0.2) is 9.80 Å². The zero-order valence-corrected chi connectivity index (χ0v) is 9.68. The van der Waals surface area contributed by atoms with Crippen LogP contribution in [0.15, 0.2) is 0 Å². The van der Waals surface area contributed by atoms with Gasteiger partial charge in [-0.05, 0) is 12.8 Å². The molecule has 0 aromatic carbocycles. The van der Waals surface area contributed by atoms with Crippen LogP contribution in [0.25, 0.3) is 0 Å². The molecule has 0 aromatic heterocycles. The van der Waals surface area contributed by atoms with Gasteiger partial charge in [0, 0.05) is 13.0 Å². The molecule has 0 aliphatic rings. The molecule has 0 aromatic rings. The molecule has 1 unspecified atom stereocenters. The number of aliphatic carboxylic acids is 1. The van der Waals surface area contributed by atoms with Crippen LogP contribution < -0.4 is 16.9 Å². The van der Waals surface area contributed by atoms with Crippen molar-refractivity contribution >= 4 is 17.9 Å². The highest BCUT2D eigenvalue weighted by Gasteiger charge is 2.26. The first-order chi connectivity index (χ1) is 7.88. The fraction of sp³-hybridized carbons (Fsp3) is 0.667. The number of urea groups is 1. The van der Waals surface area contributed by atoms with E-state index < -0.39 is 23.9 Å². The second-order valence-electron chi connectivity index (χ2n) is 3.53. The standard InChI is InChI=1S/C9H18N4O4/c1-2-5-13(12-9(11)17)6(8(15)16)3-4-7(10)14/h6H,2-5H2,1H3,(H2,10,14)(H,15,16)(H3,11,12,17). The predicted molar refractivity (Wildman–Crippen MR) is 59.6 cm³/mol. The molecule has 0 saturated heterocycles. The lowest BCUT2D eigenvalue weighted by molar-refractivity contribution is -0.144. The van der Waals surface area contributed by atoms with Gasteiger partial charge in [0.1, 0.15) is 6.04 Å². The van der Waals surface area contributed by atoms with Gasteiger partial charge in [-0.2, -0.15) is 0 Å². The van der Waals surface area contributed by atoms with Crippen LogP contribution in [0.4, 0.5) is 4.79 Å². The van der Waals surface area contributed by atoms with Gasteiger partial charge in [-0.1, -0.05) is 6.92 Å². The molecule has 8 heteroatoms. The van der Waals surface area contributed by atoms with Gasteiger partial charge in [-0.3, -0.25) is 15.0 Å². The van der Waals surface area contributed by atoms with Crippen LogP contribution in [0.5, 0.6) is 0 Å². The normalized spacial score (nSPS) is 12.1. The van der Waals surface area contributed by atoms with Crippen LogP contribution in [0, 0.1) is 0 Å². The number of carbonyl (C=O) groups excluding carboxylic acids is 2. The number of primary amides is 2. The Labute approximate surface area is 98.9 Å². The molecule has 0 rings (SSSR count). The van der Waals surface area contributed by atoms with E-state index in [1.54, 1.807) is 0 Å². The van der Waals surface area contributed by atoms with E-state index in [4.69, 9.17) is 16.6 Å². The number of rotatable bonds is 8. The van der Waals surface area contributed by atoms with Crippen molar-refractivity contribution in [1.82, 2.24) is 10.4 Å². The van der Waals surface area contributed by atoms with Gasteiger partial charge in [0.2, 0.25) is 5.91 Å². The van der Waals surface area contributed by atoms with E-state index in [1.807, 2.05) is 6.92 Å². The summed E-state index contributed by atoms with van der Waals surface area (Å²) in [5.74, 6) is -1.74. The minimum Gasteiger partial charge on any atom is -0.480 e. The second kappa shape index (κ2) is 7.44. The summed E-state index contributed by atoms with van der Waals surface area (Å²) in [6.45, 7) is 2.14. The number of nitrogens with one attached hydrogen (secondary N) is 1. The predicted octanol–water partition coefficient (Wildman–Crippen LogP) is -1.000. The van der Waals surface area contributed by atoms with Crippen molar-refractivity contribution in [3.63, 3.8) is 0 Å². The Morgan fingerprint density at radius 2 is 1.94 bits per heavy atom. The molecule has 8 nitrogen and oxygen atoms in total. The first-order valence-electron chi connectivity index (χ1n) is 5.22. The topological polar surface area (TPSA) is 139 Å². The Balaban J connectivity index is 4.63. The molecule has 0 fully saturated rings. The van der Waals surface area contributed by atoms with Crippen LogP contribution >= 0.6 is 0 Å². The van der Waals surface area contributed by atoms with E-state index in [2.05, 4.69) is 5.43 Å². The number of hydrogen-bond acceptors (Lipinski definition) is 4. The van der Waals surface area contributed by atoms with E-state index in [1.165, 1.54) is 5.01 Å². The first kappa shape index (κ1) is 15.2. The molecule has 17 heavy (non-hydrogen) atoms. The Morgan fingerprint density at radius 1 is 1.35 bits per heavy atom.